The molecule has 2 aliphatic rings. The number of aromatic nitrogens is 2. The second-order valence-electron chi connectivity index (χ2n) is 8.99. The first-order chi connectivity index (χ1) is 13.2. The number of hydrogen-bond donors (Lipinski definition) is 1. The van der Waals surface area contributed by atoms with Gasteiger partial charge in [-0.05, 0) is 60.9 Å². The van der Waals surface area contributed by atoms with Gasteiger partial charge in [-0.15, -0.1) is 0 Å². The van der Waals surface area contributed by atoms with Gasteiger partial charge in [-0.25, -0.2) is 9.97 Å². The van der Waals surface area contributed by atoms with Crippen molar-refractivity contribution in [1.29, 1.82) is 0 Å². The Kier molecular flexibility index (Phi) is 4.25. The van der Waals surface area contributed by atoms with Crippen LogP contribution in [0.25, 0.3) is 0 Å². The van der Waals surface area contributed by atoms with Crippen LogP contribution in [0.15, 0.2) is 18.3 Å². The van der Waals surface area contributed by atoms with Crippen molar-refractivity contribution in [2.75, 3.05) is 14.2 Å². The van der Waals surface area contributed by atoms with Gasteiger partial charge in [-0.3, -0.25) is 4.79 Å². The van der Waals surface area contributed by atoms with Crippen molar-refractivity contribution in [2.24, 2.45) is 5.92 Å². The third kappa shape index (κ3) is 2.55. The third-order valence-corrected chi connectivity index (χ3v) is 7.01. The molecule has 0 fully saturated rings. The number of carbonyl (C=O) groups excluding carboxylic acids is 1. The van der Waals surface area contributed by atoms with Gasteiger partial charge in [0.1, 0.15) is 11.6 Å². The van der Waals surface area contributed by atoms with Gasteiger partial charge in [0.15, 0.2) is 0 Å². The van der Waals surface area contributed by atoms with E-state index < -0.39 is 0 Å². The predicted molar refractivity (Wildman–Crippen MR) is 109 cm³/mol. The molecule has 1 unspecified atom stereocenters. The van der Waals surface area contributed by atoms with Crippen molar-refractivity contribution in [2.45, 2.75) is 57.8 Å². The highest BCUT2D eigenvalue weighted by molar-refractivity contribution is 5.97. The molecule has 2 aromatic rings. The van der Waals surface area contributed by atoms with Crippen LogP contribution >= 0.6 is 0 Å². The Morgan fingerprint density at radius 2 is 2.00 bits per heavy atom. The summed E-state index contributed by atoms with van der Waals surface area (Å²) in [6, 6.07) is 4.13. The van der Waals surface area contributed by atoms with Gasteiger partial charge < -0.3 is 10.1 Å². The summed E-state index contributed by atoms with van der Waals surface area (Å²) in [5, 5.41) is 2.72. The van der Waals surface area contributed by atoms with Crippen LogP contribution in [0, 0.1) is 12.8 Å². The van der Waals surface area contributed by atoms with E-state index in [2.05, 4.69) is 37.1 Å². The van der Waals surface area contributed by atoms with Crippen LogP contribution in [0.3, 0.4) is 0 Å². The smallest absolute Gasteiger partial charge is 0.254 e. The summed E-state index contributed by atoms with van der Waals surface area (Å²) in [6.07, 6.45) is 4.96. The van der Waals surface area contributed by atoms with Crippen LogP contribution in [0.5, 0.6) is 5.75 Å². The fourth-order valence-electron chi connectivity index (χ4n) is 5.77. The lowest BCUT2D eigenvalue weighted by molar-refractivity contribution is 0.0958. The first-order valence-electron chi connectivity index (χ1n) is 9.99. The van der Waals surface area contributed by atoms with E-state index in [1.165, 1.54) is 22.4 Å². The number of nitrogens with zero attached hydrogens (tertiary/aromatic N) is 2. The number of ether oxygens (including phenoxy) is 1. The number of methoxy groups -OCH3 is 1. The van der Waals surface area contributed by atoms with Crippen molar-refractivity contribution in [3.05, 3.63) is 52.1 Å². The topological polar surface area (TPSA) is 64.1 Å². The first-order valence-corrected chi connectivity index (χ1v) is 9.99. The second kappa shape index (κ2) is 6.29. The second-order valence-corrected chi connectivity index (χ2v) is 8.99. The molecule has 4 rings (SSSR count). The lowest BCUT2D eigenvalue weighted by atomic mass is 9.50. The number of rotatable bonds is 2. The highest BCUT2D eigenvalue weighted by Crippen LogP contribution is 2.56. The maximum atomic E-state index is 12.3. The molecule has 1 amide bonds. The Morgan fingerprint density at radius 1 is 1.25 bits per heavy atom. The molecule has 0 saturated heterocycles. The van der Waals surface area contributed by atoms with Crippen LogP contribution in [-0.2, 0) is 23.7 Å². The molecule has 5 heteroatoms. The molecule has 1 N–H and O–H groups in total. The van der Waals surface area contributed by atoms with E-state index in [1.54, 1.807) is 14.2 Å². The zero-order valence-corrected chi connectivity index (χ0v) is 17.6. The van der Waals surface area contributed by atoms with Crippen molar-refractivity contribution in [1.82, 2.24) is 15.3 Å². The Labute approximate surface area is 166 Å². The molecular weight excluding hydrogens is 350 g/mol. The molecule has 0 aliphatic heterocycles. The van der Waals surface area contributed by atoms with E-state index in [1.807, 2.05) is 19.2 Å². The summed E-state index contributed by atoms with van der Waals surface area (Å²) in [6.45, 7) is 8.97. The van der Waals surface area contributed by atoms with Crippen LogP contribution in [-0.4, -0.2) is 30.0 Å². The number of amides is 1. The zero-order valence-electron chi connectivity index (χ0n) is 17.6. The highest BCUT2D eigenvalue weighted by atomic mass is 16.5. The Balaban J connectivity index is 1.91. The van der Waals surface area contributed by atoms with Gasteiger partial charge in [-0.1, -0.05) is 20.8 Å². The fraction of sp³-hybridized carbons (Fsp3) is 0.522. The summed E-state index contributed by atoms with van der Waals surface area (Å²) in [4.78, 5) is 21.6. The predicted octanol–water partition coefficient (Wildman–Crippen LogP) is 3.51. The highest BCUT2D eigenvalue weighted by Gasteiger charge is 2.53. The molecular formula is C23H29N3O2. The summed E-state index contributed by atoms with van der Waals surface area (Å²) in [7, 11) is 3.29. The summed E-state index contributed by atoms with van der Waals surface area (Å²) < 4.78 is 5.61. The molecule has 1 aromatic carbocycles. The quantitative estimate of drug-likeness (QED) is 0.867. The largest absolute Gasteiger partial charge is 0.496 e. The van der Waals surface area contributed by atoms with Crippen LogP contribution < -0.4 is 10.1 Å². The maximum absolute atomic E-state index is 12.3. The molecule has 0 bridgehead atoms. The fourth-order valence-corrected chi connectivity index (χ4v) is 5.77. The SMILES string of the molecule is CNC(=O)c1cc2c(cc1OC)[C@@]1(C)Cc3cnc(C)nc3C(C)(C)C1CC2. The van der Waals surface area contributed by atoms with Crippen molar-refractivity contribution in [3.8, 4) is 5.75 Å². The minimum Gasteiger partial charge on any atom is -0.496 e. The average Bonchev–Trinajstić information content (AvgIpc) is 2.67. The lowest BCUT2D eigenvalue weighted by Crippen LogP contribution is -2.52. The number of carbonyl (C=O) groups is 1. The zero-order chi connectivity index (χ0) is 20.3. The van der Waals surface area contributed by atoms with E-state index in [9.17, 15) is 4.79 Å². The number of hydrogen-bond acceptors (Lipinski definition) is 4. The Morgan fingerprint density at radius 3 is 2.68 bits per heavy atom. The lowest BCUT2D eigenvalue weighted by Gasteiger charge is -2.54. The van der Waals surface area contributed by atoms with E-state index in [0.717, 1.165) is 25.1 Å². The standard InChI is InChI=1S/C23H29N3O2/c1-13-25-12-15-11-23(4)17-10-18(28-6)16(21(27)24-5)9-14(17)7-8-19(23)22(2,3)20(15)26-13/h9-10,12,19H,7-8,11H2,1-6H3,(H,24,27)/t19?,23-/m1/s1. The van der Waals surface area contributed by atoms with Crippen LogP contribution in [0.4, 0.5) is 0 Å². The van der Waals surface area contributed by atoms with Gasteiger partial charge in [0, 0.05) is 24.1 Å². The van der Waals surface area contributed by atoms with Gasteiger partial charge in [0.2, 0.25) is 0 Å². The molecule has 2 atom stereocenters. The molecule has 0 radical (unpaired) electrons. The van der Waals surface area contributed by atoms with Crippen molar-refractivity contribution < 1.29 is 9.53 Å². The van der Waals surface area contributed by atoms with Gasteiger partial charge in [0.05, 0.1) is 18.4 Å². The number of benzene rings is 1. The molecule has 0 saturated carbocycles. The summed E-state index contributed by atoms with van der Waals surface area (Å²) >= 11 is 0. The normalized spacial score (nSPS) is 24.6. The van der Waals surface area contributed by atoms with E-state index >= 15 is 0 Å². The van der Waals surface area contributed by atoms with Crippen LogP contribution in [0.1, 0.15) is 65.8 Å². The molecule has 1 heterocycles. The molecule has 5 nitrogen and oxygen atoms in total. The van der Waals surface area contributed by atoms with Gasteiger partial charge in [0.25, 0.3) is 5.91 Å². The maximum Gasteiger partial charge on any atom is 0.254 e. The Bertz CT molecular complexity index is 967. The van der Waals surface area contributed by atoms with Crippen molar-refractivity contribution in [3.63, 3.8) is 0 Å². The monoisotopic (exact) mass is 379 g/mol. The summed E-state index contributed by atoms with van der Waals surface area (Å²) in [5.74, 6) is 1.84. The van der Waals surface area contributed by atoms with Gasteiger partial charge >= 0.3 is 0 Å². The number of aryl methyl sites for hydroxylation is 2. The molecule has 1 aromatic heterocycles. The van der Waals surface area contributed by atoms with E-state index in [4.69, 9.17) is 9.72 Å². The Hall–Kier alpha value is -2.43. The van der Waals surface area contributed by atoms with Crippen molar-refractivity contribution >= 4 is 5.91 Å². The van der Waals surface area contributed by atoms with E-state index in [0.29, 0.717) is 17.2 Å². The summed E-state index contributed by atoms with van der Waals surface area (Å²) in [5.41, 5.74) is 5.51. The molecule has 28 heavy (non-hydrogen) atoms. The van der Waals surface area contributed by atoms with E-state index in [-0.39, 0.29) is 16.7 Å². The van der Waals surface area contributed by atoms with Gasteiger partial charge in [-0.2, -0.15) is 0 Å². The number of nitrogens with one attached hydrogen (secondary N) is 1. The average molecular weight is 380 g/mol. The van der Waals surface area contributed by atoms with Crippen LogP contribution in [0.2, 0.25) is 0 Å². The third-order valence-electron chi connectivity index (χ3n) is 7.01. The minimum absolute atomic E-state index is 0.0412. The first kappa shape index (κ1) is 18.9. The number of fused-ring (bicyclic) bond motifs is 4. The minimum atomic E-state index is -0.106. The molecule has 148 valence electrons. The molecule has 2 aliphatic carbocycles. The molecule has 0 spiro atoms.